The number of carbonyl (C=O) groups is 1. The predicted octanol–water partition coefficient (Wildman–Crippen LogP) is 3.86. The Bertz CT molecular complexity index is 873. The molecule has 0 unspecified atom stereocenters. The zero-order chi connectivity index (χ0) is 17.1. The number of benzene rings is 2. The lowest BCUT2D eigenvalue weighted by molar-refractivity contribution is -0.112. The SMILES string of the molecule is N#C/C(=C\c1cc2c(cc1Br)OCO2)C(=O)Nc1ccc(F)cc1. The van der Waals surface area contributed by atoms with Crippen molar-refractivity contribution in [3.8, 4) is 17.6 Å². The maximum atomic E-state index is 12.9. The first-order valence-electron chi connectivity index (χ1n) is 6.84. The van der Waals surface area contributed by atoms with Crippen LogP contribution < -0.4 is 14.8 Å². The van der Waals surface area contributed by atoms with Gasteiger partial charge in [-0.05, 0) is 48.0 Å². The molecule has 0 radical (unpaired) electrons. The minimum atomic E-state index is -0.589. The smallest absolute Gasteiger partial charge is 0.266 e. The highest BCUT2D eigenvalue weighted by Crippen LogP contribution is 2.37. The average Bonchev–Trinajstić information content (AvgIpc) is 3.01. The molecule has 0 saturated heterocycles. The van der Waals surface area contributed by atoms with Crippen LogP contribution in [0.5, 0.6) is 11.5 Å². The summed E-state index contributed by atoms with van der Waals surface area (Å²) in [4.78, 5) is 12.2. The second-order valence-corrected chi connectivity index (χ2v) is 5.71. The average molecular weight is 389 g/mol. The van der Waals surface area contributed by atoms with Gasteiger partial charge in [0.25, 0.3) is 5.91 Å². The topological polar surface area (TPSA) is 71.3 Å². The summed E-state index contributed by atoms with van der Waals surface area (Å²) < 4.78 is 24.1. The number of ether oxygens (including phenoxy) is 2. The van der Waals surface area contributed by atoms with Crippen LogP contribution in [0.2, 0.25) is 0 Å². The van der Waals surface area contributed by atoms with Crippen LogP contribution >= 0.6 is 15.9 Å². The molecule has 5 nitrogen and oxygen atoms in total. The molecule has 1 amide bonds. The number of hydrogen-bond acceptors (Lipinski definition) is 4. The Kier molecular flexibility index (Phi) is 4.49. The van der Waals surface area contributed by atoms with Crippen molar-refractivity contribution >= 4 is 33.6 Å². The van der Waals surface area contributed by atoms with Crippen LogP contribution in [0.3, 0.4) is 0 Å². The van der Waals surface area contributed by atoms with Crippen molar-refractivity contribution in [1.82, 2.24) is 0 Å². The van der Waals surface area contributed by atoms with E-state index in [1.54, 1.807) is 12.1 Å². The van der Waals surface area contributed by atoms with Gasteiger partial charge < -0.3 is 14.8 Å². The second kappa shape index (κ2) is 6.72. The van der Waals surface area contributed by atoms with Gasteiger partial charge in [0.1, 0.15) is 17.5 Å². The van der Waals surface area contributed by atoms with Gasteiger partial charge in [0.05, 0.1) is 0 Å². The highest BCUT2D eigenvalue weighted by atomic mass is 79.9. The highest BCUT2D eigenvalue weighted by Gasteiger charge is 2.17. The molecular formula is C17H10BrFN2O3. The van der Waals surface area contributed by atoms with Gasteiger partial charge in [0, 0.05) is 10.2 Å². The van der Waals surface area contributed by atoms with E-state index in [9.17, 15) is 14.4 Å². The summed E-state index contributed by atoms with van der Waals surface area (Å²) in [6.45, 7) is 0.130. The molecule has 120 valence electrons. The summed E-state index contributed by atoms with van der Waals surface area (Å²) in [5.74, 6) is 0.135. The minimum absolute atomic E-state index is 0.0982. The molecule has 0 fully saturated rings. The quantitative estimate of drug-likeness (QED) is 0.639. The summed E-state index contributed by atoms with van der Waals surface area (Å²) in [6, 6.07) is 10.5. The summed E-state index contributed by atoms with van der Waals surface area (Å²) in [6.07, 6.45) is 1.44. The number of nitriles is 1. The van der Waals surface area contributed by atoms with Crippen molar-refractivity contribution in [2.24, 2.45) is 0 Å². The third-order valence-electron chi connectivity index (χ3n) is 3.26. The Morgan fingerprint density at radius 2 is 1.92 bits per heavy atom. The van der Waals surface area contributed by atoms with E-state index in [4.69, 9.17) is 9.47 Å². The number of nitrogens with one attached hydrogen (secondary N) is 1. The fourth-order valence-corrected chi connectivity index (χ4v) is 2.52. The Labute approximate surface area is 145 Å². The first-order chi connectivity index (χ1) is 11.6. The van der Waals surface area contributed by atoms with Gasteiger partial charge in [-0.3, -0.25) is 4.79 Å². The van der Waals surface area contributed by atoms with Gasteiger partial charge in [-0.15, -0.1) is 0 Å². The van der Waals surface area contributed by atoms with Crippen LogP contribution in [0.25, 0.3) is 6.08 Å². The first-order valence-corrected chi connectivity index (χ1v) is 7.64. The molecule has 0 aliphatic carbocycles. The van der Waals surface area contributed by atoms with E-state index in [1.165, 1.54) is 30.3 Å². The van der Waals surface area contributed by atoms with Crippen LogP contribution in [-0.2, 0) is 4.79 Å². The van der Waals surface area contributed by atoms with Crippen LogP contribution in [-0.4, -0.2) is 12.7 Å². The number of nitrogens with zero attached hydrogens (tertiary/aromatic N) is 1. The summed E-state index contributed by atoms with van der Waals surface area (Å²) in [7, 11) is 0. The van der Waals surface area contributed by atoms with E-state index in [0.717, 1.165) is 0 Å². The number of fused-ring (bicyclic) bond motifs is 1. The largest absolute Gasteiger partial charge is 0.454 e. The van der Waals surface area contributed by atoms with E-state index in [0.29, 0.717) is 27.2 Å². The minimum Gasteiger partial charge on any atom is -0.454 e. The van der Waals surface area contributed by atoms with Gasteiger partial charge in [0.2, 0.25) is 6.79 Å². The summed E-state index contributed by atoms with van der Waals surface area (Å²) in [5.41, 5.74) is 0.899. The molecule has 0 bridgehead atoms. The van der Waals surface area contributed by atoms with Gasteiger partial charge >= 0.3 is 0 Å². The number of hydrogen-bond donors (Lipinski definition) is 1. The van der Waals surface area contributed by atoms with E-state index in [2.05, 4.69) is 21.2 Å². The fourth-order valence-electron chi connectivity index (χ4n) is 2.08. The molecule has 0 saturated carbocycles. The number of amides is 1. The van der Waals surface area contributed by atoms with E-state index in [1.807, 2.05) is 6.07 Å². The van der Waals surface area contributed by atoms with Crippen LogP contribution in [0.4, 0.5) is 10.1 Å². The van der Waals surface area contributed by atoms with Crippen molar-refractivity contribution in [1.29, 1.82) is 5.26 Å². The van der Waals surface area contributed by atoms with Crippen molar-refractivity contribution < 1.29 is 18.7 Å². The Balaban J connectivity index is 1.85. The molecule has 7 heteroatoms. The molecule has 1 heterocycles. The van der Waals surface area contributed by atoms with Crippen LogP contribution in [0, 0.1) is 17.1 Å². The molecule has 24 heavy (non-hydrogen) atoms. The number of halogens is 2. The molecule has 0 atom stereocenters. The highest BCUT2D eigenvalue weighted by molar-refractivity contribution is 9.10. The zero-order valence-corrected chi connectivity index (χ0v) is 13.8. The molecule has 0 aromatic heterocycles. The predicted molar refractivity (Wildman–Crippen MR) is 88.9 cm³/mol. The molecular weight excluding hydrogens is 379 g/mol. The van der Waals surface area contributed by atoms with Gasteiger partial charge in [-0.2, -0.15) is 5.26 Å². The zero-order valence-electron chi connectivity index (χ0n) is 12.2. The number of anilines is 1. The lowest BCUT2D eigenvalue weighted by atomic mass is 10.1. The third-order valence-corrected chi connectivity index (χ3v) is 3.95. The maximum absolute atomic E-state index is 12.9. The molecule has 0 spiro atoms. The molecule has 3 rings (SSSR count). The second-order valence-electron chi connectivity index (χ2n) is 4.86. The Morgan fingerprint density at radius 1 is 1.25 bits per heavy atom. The van der Waals surface area contributed by atoms with E-state index >= 15 is 0 Å². The standard InChI is InChI=1S/C17H10BrFN2O3/c18-14-7-16-15(23-9-24-16)6-10(14)5-11(8-20)17(22)21-13-3-1-12(19)2-4-13/h1-7H,9H2,(H,21,22)/b11-5+. The van der Waals surface area contributed by atoms with Crippen LogP contribution in [0.1, 0.15) is 5.56 Å². The lowest BCUT2D eigenvalue weighted by Crippen LogP contribution is -2.13. The Hall–Kier alpha value is -2.85. The number of rotatable bonds is 3. The monoisotopic (exact) mass is 388 g/mol. The first kappa shape index (κ1) is 16.0. The van der Waals surface area contributed by atoms with Crippen LogP contribution in [0.15, 0.2) is 46.4 Å². The van der Waals surface area contributed by atoms with E-state index in [-0.39, 0.29) is 12.4 Å². The summed E-state index contributed by atoms with van der Waals surface area (Å²) in [5, 5.41) is 11.8. The molecule has 1 aliphatic rings. The van der Waals surface area contributed by atoms with Crippen molar-refractivity contribution in [3.05, 3.63) is 57.8 Å². The van der Waals surface area contributed by atoms with Crippen molar-refractivity contribution in [2.75, 3.05) is 12.1 Å². The lowest BCUT2D eigenvalue weighted by Gasteiger charge is -2.05. The third kappa shape index (κ3) is 3.39. The molecule has 1 aliphatic heterocycles. The number of carbonyl (C=O) groups excluding carboxylic acids is 1. The Morgan fingerprint density at radius 3 is 2.58 bits per heavy atom. The van der Waals surface area contributed by atoms with Crippen molar-refractivity contribution in [2.45, 2.75) is 0 Å². The van der Waals surface area contributed by atoms with Crippen molar-refractivity contribution in [3.63, 3.8) is 0 Å². The van der Waals surface area contributed by atoms with Gasteiger partial charge in [-0.1, -0.05) is 15.9 Å². The normalized spacial score (nSPS) is 12.6. The maximum Gasteiger partial charge on any atom is 0.266 e. The van der Waals surface area contributed by atoms with E-state index < -0.39 is 11.7 Å². The molecule has 1 N–H and O–H groups in total. The van der Waals surface area contributed by atoms with Gasteiger partial charge in [0.15, 0.2) is 11.5 Å². The molecule has 2 aromatic rings. The fraction of sp³-hybridized carbons (Fsp3) is 0.0588. The van der Waals surface area contributed by atoms with Gasteiger partial charge in [-0.25, -0.2) is 4.39 Å². The summed E-state index contributed by atoms with van der Waals surface area (Å²) >= 11 is 3.37. The molecule has 2 aromatic carbocycles.